The van der Waals surface area contributed by atoms with Gasteiger partial charge in [-0.15, -0.1) is 0 Å². The fourth-order valence-corrected chi connectivity index (χ4v) is 1.60. The van der Waals surface area contributed by atoms with Gasteiger partial charge in [-0.2, -0.15) is 0 Å². The van der Waals surface area contributed by atoms with Crippen LogP contribution in [0.2, 0.25) is 0 Å². The fraction of sp³-hybridized carbons (Fsp3) is 0.846. The molecule has 1 amide bonds. The van der Waals surface area contributed by atoms with Crippen LogP contribution in [0.15, 0.2) is 0 Å². The lowest BCUT2D eigenvalue weighted by molar-refractivity contribution is -0.159. The number of carbonyl (C=O) groups excluding carboxylic acids is 2. The molecule has 1 unspecified atom stereocenters. The predicted molar refractivity (Wildman–Crippen MR) is 69.2 cm³/mol. The van der Waals surface area contributed by atoms with Crippen LogP contribution in [0.3, 0.4) is 0 Å². The van der Waals surface area contributed by atoms with Crippen LogP contribution < -0.4 is 0 Å². The normalized spacial score (nSPS) is 13.8. The summed E-state index contributed by atoms with van der Waals surface area (Å²) >= 11 is 0. The van der Waals surface area contributed by atoms with Crippen molar-refractivity contribution >= 4 is 11.9 Å². The van der Waals surface area contributed by atoms with E-state index in [1.807, 2.05) is 13.8 Å². The Bertz CT molecular complexity index is 274. The van der Waals surface area contributed by atoms with E-state index in [4.69, 9.17) is 9.47 Å². The molecule has 0 bridgehead atoms. The van der Waals surface area contributed by atoms with Crippen LogP contribution >= 0.6 is 0 Å². The van der Waals surface area contributed by atoms with Gasteiger partial charge in [0.2, 0.25) is 0 Å². The smallest absolute Gasteiger partial charge is 0.325 e. The van der Waals surface area contributed by atoms with Crippen LogP contribution in [0, 0.1) is 0 Å². The van der Waals surface area contributed by atoms with E-state index in [2.05, 4.69) is 0 Å². The highest BCUT2D eigenvalue weighted by Gasteiger charge is 2.35. The summed E-state index contributed by atoms with van der Waals surface area (Å²) in [5.74, 6) is -0.545. The van der Waals surface area contributed by atoms with Gasteiger partial charge in [-0.25, -0.2) is 0 Å². The summed E-state index contributed by atoms with van der Waals surface area (Å²) in [6.07, 6.45) is 1.35. The molecule has 5 heteroatoms. The number of hydrogen-bond acceptors (Lipinski definition) is 4. The first-order chi connectivity index (χ1) is 8.45. The third-order valence-electron chi connectivity index (χ3n) is 2.98. The lowest BCUT2D eigenvalue weighted by atomic mass is 10.0. The molecular weight excluding hydrogens is 234 g/mol. The first-order valence-electron chi connectivity index (χ1n) is 6.45. The van der Waals surface area contributed by atoms with Crippen molar-refractivity contribution in [3.05, 3.63) is 0 Å². The summed E-state index contributed by atoms with van der Waals surface area (Å²) in [5.41, 5.74) is -0.873. The standard InChI is InChI=1S/C13H25NO4/c1-6-9-14(10-11(15)18-8-3)12(16)13(4,7-2)17-5/h6-10H2,1-5H3. The topological polar surface area (TPSA) is 55.8 Å². The molecule has 0 rings (SSSR count). The molecule has 0 fully saturated rings. The maximum absolute atomic E-state index is 12.4. The molecule has 0 aromatic carbocycles. The van der Waals surface area contributed by atoms with Crippen LogP contribution in [0.25, 0.3) is 0 Å². The molecule has 5 nitrogen and oxygen atoms in total. The zero-order valence-electron chi connectivity index (χ0n) is 12.1. The lowest BCUT2D eigenvalue weighted by Crippen LogP contribution is -2.50. The zero-order chi connectivity index (χ0) is 14.2. The molecule has 0 heterocycles. The molecule has 0 radical (unpaired) electrons. The highest BCUT2D eigenvalue weighted by atomic mass is 16.5. The number of hydrogen-bond donors (Lipinski definition) is 0. The summed E-state index contributed by atoms with van der Waals surface area (Å²) in [7, 11) is 1.51. The predicted octanol–water partition coefficient (Wildman–Crippen LogP) is 1.60. The van der Waals surface area contributed by atoms with E-state index in [1.54, 1.807) is 13.8 Å². The first kappa shape index (κ1) is 16.9. The van der Waals surface area contributed by atoms with Gasteiger partial charge in [0.05, 0.1) is 6.61 Å². The van der Waals surface area contributed by atoms with Crippen molar-refractivity contribution in [3.63, 3.8) is 0 Å². The largest absolute Gasteiger partial charge is 0.465 e. The molecule has 0 aliphatic heterocycles. The van der Waals surface area contributed by atoms with Crippen LogP contribution in [0.5, 0.6) is 0 Å². The van der Waals surface area contributed by atoms with Crippen molar-refractivity contribution < 1.29 is 19.1 Å². The van der Waals surface area contributed by atoms with Crippen molar-refractivity contribution in [2.75, 3.05) is 26.8 Å². The van der Waals surface area contributed by atoms with Gasteiger partial charge in [0.1, 0.15) is 12.1 Å². The van der Waals surface area contributed by atoms with Crippen LogP contribution in [-0.4, -0.2) is 49.2 Å². The van der Waals surface area contributed by atoms with Crippen molar-refractivity contribution in [1.29, 1.82) is 0 Å². The summed E-state index contributed by atoms with van der Waals surface area (Å²) in [6, 6.07) is 0. The van der Waals surface area contributed by atoms with Gasteiger partial charge in [0.15, 0.2) is 0 Å². The highest BCUT2D eigenvalue weighted by Crippen LogP contribution is 2.18. The van der Waals surface area contributed by atoms with E-state index in [9.17, 15) is 9.59 Å². The number of amides is 1. The Morgan fingerprint density at radius 3 is 2.22 bits per heavy atom. The van der Waals surface area contributed by atoms with E-state index in [0.717, 1.165) is 6.42 Å². The van der Waals surface area contributed by atoms with Gasteiger partial charge in [-0.05, 0) is 26.7 Å². The maximum atomic E-state index is 12.4. The van der Waals surface area contributed by atoms with Gasteiger partial charge in [0.25, 0.3) is 5.91 Å². The Balaban J connectivity index is 4.77. The summed E-state index contributed by atoms with van der Waals surface area (Å²) < 4.78 is 10.1. The number of ether oxygens (including phenoxy) is 2. The number of carbonyl (C=O) groups is 2. The van der Waals surface area contributed by atoms with Gasteiger partial charge in [-0.1, -0.05) is 13.8 Å². The van der Waals surface area contributed by atoms with Crippen LogP contribution in [-0.2, 0) is 19.1 Å². The van der Waals surface area contributed by atoms with E-state index >= 15 is 0 Å². The number of esters is 1. The van der Waals surface area contributed by atoms with Crippen LogP contribution in [0.1, 0.15) is 40.5 Å². The molecule has 0 aromatic rings. The van der Waals surface area contributed by atoms with Crippen molar-refractivity contribution in [3.8, 4) is 0 Å². The fourth-order valence-electron chi connectivity index (χ4n) is 1.60. The highest BCUT2D eigenvalue weighted by molar-refractivity contribution is 5.88. The van der Waals surface area contributed by atoms with Crippen molar-refractivity contribution in [2.24, 2.45) is 0 Å². The molecule has 0 saturated carbocycles. The Morgan fingerprint density at radius 1 is 1.22 bits per heavy atom. The monoisotopic (exact) mass is 259 g/mol. The average Bonchev–Trinajstić information content (AvgIpc) is 2.36. The molecule has 18 heavy (non-hydrogen) atoms. The molecule has 0 spiro atoms. The quantitative estimate of drug-likeness (QED) is 0.621. The molecule has 0 aliphatic rings. The molecule has 0 N–H and O–H groups in total. The minimum atomic E-state index is -0.873. The summed E-state index contributed by atoms with van der Waals surface area (Å²) in [6.45, 7) is 8.16. The Hall–Kier alpha value is -1.10. The second-order valence-electron chi connectivity index (χ2n) is 4.32. The minimum Gasteiger partial charge on any atom is -0.465 e. The number of methoxy groups -OCH3 is 1. The molecule has 1 atom stereocenters. The Labute approximate surface area is 109 Å². The second-order valence-corrected chi connectivity index (χ2v) is 4.32. The van der Waals surface area contributed by atoms with Gasteiger partial charge >= 0.3 is 5.97 Å². The van der Waals surface area contributed by atoms with E-state index < -0.39 is 5.60 Å². The molecule has 0 aromatic heterocycles. The molecule has 106 valence electrons. The lowest BCUT2D eigenvalue weighted by Gasteiger charge is -2.32. The van der Waals surface area contributed by atoms with E-state index in [-0.39, 0.29) is 18.4 Å². The second kappa shape index (κ2) is 8.08. The van der Waals surface area contributed by atoms with Crippen LogP contribution in [0.4, 0.5) is 0 Å². The first-order valence-corrected chi connectivity index (χ1v) is 6.45. The molecule has 0 aliphatic carbocycles. The van der Waals surface area contributed by atoms with Crippen molar-refractivity contribution in [2.45, 2.75) is 46.1 Å². The zero-order valence-corrected chi connectivity index (χ0v) is 12.1. The average molecular weight is 259 g/mol. The van der Waals surface area contributed by atoms with E-state index in [1.165, 1.54) is 12.0 Å². The van der Waals surface area contributed by atoms with Crippen molar-refractivity contribution in [1.82, 2.24) is 4.90 Å². The van der Waals surface area contributed by atoms with Gasteiger partial charge in [0, 0.05) is 13.7 Å². The third kappa shape index (κ3) is 4.64. The minimum absolute atomic E-state index is 0.0144. The van der Waals surface area contributed by atoms with Gasteiger partial charge in [-0.3, -0.25) is 9.59 Å². The summed E-state index contributed by atoms with van der Waals surface area (Å²) in [5, 5.41) is 0. The van der Waals surface area contributed by atoms with Gasteiger partial charge < -0.3 is 14.4 Å². The Kier molecular flexibility index (Phi) is 7.59. The molecular formula is C13H25NO4. The number of rotatable bonds is 8. The Morgan fingerprint density at radius 2 is 1.83 bits per heavy atom. The number of nitrogens with zero attached hydrogens (tertiary/aromatic N) is 1. The maximum Gasteiger partial charge on any atom is 0.325 e. The third-order valence-corrected chi connectivity index (χ3v) is 2.98. The van der Waals surface area contributed by atoms with E-state index in [0.29, 0.717) is 19.6 Å². The molecule has 0 saturated heterocycles. The SMILES string of the molecule is CCCN(CC(=O)OCC)C(=O)C(C)(CC)OC. The summed E-state index contributed by atoms with van der Waals surface area (Å²) in [4.78, 5) is 25.3.